The Morgan fingerprint density at radius 3 is 1.59 bits per heavy atom. The number of anilines is 2. The Bertz CT molecular complexity index is 1860. The van der Waals surface area contributed by atoms with E-state index in [1.165, 1.54) is 12.7 Å². The molecule has 4 N–H and O–H groups in total. The maximum absolute atomic E-state index is 11.8. The molecule has 320 valence electrons. The zero-order valence-corrected chi connectivity index (χ0v) is 35.7. The van der Waals surface area contributed by atoms with E-state index in [9.17, 15) is 33.6 Å². The predicted molar refractivity (Wildman–Crippen MR) is 223 cm³/mol. The zero-order valence-electron chi connectivity index (χ0n) is 34.1. The number of ether oxygens (including phenoxy) is 2. The van der Waals surface area contributed by atoms with Crippen molar-refractivity contribution in [2.24, 2.45) is 11.8 Å². The number of hydrogen-bond donors (Lipinski definition) is 4. The second-order valence-corrected chi connectivity index (χ2v) is 17.8. The fourth-order valence-corrected chi connectivity index (χ4v) is 7.09. The van der Waals surface area contributed by atoms with Crippen LogP contribution in [0, 0.1) is 11.8 Å². The van der Waals surface area contributed by atoms with Gasteiger partial charge < -0.3 is 29.9 Å². The van der Waals surface area contributed by atoms with Gasteiger partial charge in [-0.2, -0.15) is 0 Å². The van der Waals surface area contributed by atoms with Gasteiger partial charge in [-0.25, -0.2) is 29.5 Å². The number of hydrogen-bond acceptors (Lipinski definition) is 17. The van der Waals surface area contributed by atoms with E-state index in [1.807, 2.05) is 47.6 Å². The van der Waals surface area contributed by atoms with Gasteiger partial charge in [-0.1, -0.05) is 11.8 Å². The number of nitrogens with one attached hydrogen (secondary N) is 4. The third kappa shape index (κ3) is 16.8. The monoisotopic (exact) mass is 856 g/mol. The van der Waals surface area contributed by atoms with Gasteiger partial charge in [0.2, 0.25) is 5.91 Å². The summed E-state index contributed by atoms with van der Waals surface area (Å²) < 4.78 is 10.5. The van der Waals surface area contributed by atoms with Gasteiger partial charge in [-0.3, -0.25) is 34.6 Å². The molecule has 2 aromatic heterocycles. The van der Waals surface area contributed by atoms with Crippen LogP contribution in [0.2, 0.25) is 0 Å². The molecule has 2 aromatic rings. The van der Waals surface area contributed by atoms with Crippen LogP contribution in [0.3, 0.4) is 0 Å². The van der Waals surface area contributed by atoms with Crippen molar-refractivity contribution in [2.75, 3.05) is 54.8 Å². The lowest BCUT2D eigenvalue weighted by Crippen LogP contribution is -2.40. The molecule has 0 saturated carbocycles. The molecular formula is C38H52N10O9S2. The second-order valence-electron chi connectivity index (χ2n) is 15.8. The van der Waals surface area contributed by atoms with Crippen molar-refractivity contribution in [3.05, 3.63) is 41.1 Å². The minimum atomic E-state index is -0.502. The van der Waals surface area contributed by atoms with Crippen molar-refractivity contribution >= 4 is 82.0 Å². The minimum absolute atomic E-state index is 0.185. The van der Waals surface area contributed by atoms with Gasteiger partial charge in [0.05, 0.1) is 16.4 Å². The fourth-order valence-electron chi connectivity index (χ4n) is 5.90. The highest BCUT2D eigenvalue weighted by molar-refractivity contribution is 8.18. The summed E-state index contributed by atoms with van der Waals surface area (Å²) in [5.41, 5.74) is -0.00497. The van der Waals surface area contributed by atoms with Crippen LogP contribution in [0.4, 0.5) is 30.8 Å². The first-order valence-corrected chi connectivity index (χ1v) is 20.9. The summed E-state index contributed by atoms with van der Waals surface area (Å²) in [5.74, 6) is 2.06. The summed E-state index contributed by atoms with van der Waals surface area (Å²) in [7, 11) is 0. The van der Waals surface area contributed by atoms with E-state index in [0.717, 1.165) is 93.3 Å². The Balaban J connectivity index is 0.000000227. The first-order chi connectivity index (χ1) is 27.9. The number of carbonyl (C=O) groups excluding carboxylic acids is 7. The summed E-state index contributed by atoms with van der Waals surface area (Å²) in [5, 5.41) is 9.39. The van der Waals surface area contributed by atoms with E-state index in [4.69, 9.17) is 9.47 Å². The molecule has 6 amide bonds. The Morgan fingerprint density at radius 2 is 1.22 bits per heavy atom. The third-order valence-corrected chi connectivity index (χ3v) is 10.3. The van der Waals surface area contributed by atoms with Gasteiger partial charge in [-0.05, 0) is 96.9 Å². The van der Waals surface area contributed by atoms with E-state index < -0.39 is 17.1 Å². The maximum Gasteiger partial charge on any atom is 0.407 e. The summed E-state index contributed by atoms with van der Waals surface area (Å²) in [6.45, 7) is 15.6. The molecule has 21 heteroatoms. The van der Waals surface area contributed by atoms with Gasteiger partial charge in [0, 0.05) is 51.4 Å². The molecule has 59 heavy (non-hydrogen) atoms. The van der Waals surface area contributed by atoms with Crippen molar-refractivity contribution in [3.63, 3.8) is 0 Å². The number of alkyl carbamates (subject to hydrolysis) is 2. The number of nitrogens with zero attached hydrogens (tertiary/aromatic N) is 6. The second kappa shape index (κ2) is 21.6. The fraction of sp³-hybridized carbons (Fsp3) is 0.553. The van der Waals surface area contributed by atoms with E-state index >= 15 is 0 Å². The Hall–Kier alpha value is -5.31. The Kier molecular flexibility index (Phi) is 17.0. The number of rotatable bonds is 8. The zero-order chi connectivity index (χ0) is 43.2. The number of thioether (sulfide) groups is 2. The molecule has 4 saturated heterocycles. The van der Waals surface area contributed by atoms with Gasteiger partial charge >= 0.3 is 12.2 Å². The lowest BCUT2D eigenvalue weighted by atomic mass is 9.97. The highest BCUT2D eigenvalue weighted by atomic mass is 32.2. The van der Waals surface area contributed by atoms with Crippen molar-refractivity contribution in [1.29, 1.82) is 0 Å². The molecule has 0 spiro atoms. The number of imide groups is 2. The van der Waals surface area contributed by atoms with Crippen LogP contribution in [-0.2, 0) is 19.1 Å². The average Bonchev–Trinajstić information content (AvgIpc) is 3.72. The van der Waals surface area contributed by atoms with Gasteiger partial charge in [0.25, 0.3) is 16.4 Å². The summed E-state index contributed by atoms with van der Waals surface area (Å²) in [6.07, 6.45) is 8.17. The molecule has 0 atom stereocenters. The first kappa shape index (κ1) is 46.4. The Labute approximate surface area is 351 Å². The number of piperidine rings is 2. The number of aldehydes is 1. The Morgan fingerprint density at radius 1 is 0.746 bits per heavy atom. The molecule has 0 bridgehead atoms. The molecule has 0 unspecified atom stereocenters. The lowest BCUT2D eigenvalue weighted by molar-refractivity contribution is -0.117. The lowest BCUT2D eigenvalue weighted by Gasteiger charge is -2.33. The van der Waals surface area contributed by atoms with E-state index in [-0.39, 0.29) is 28.6 Å². The standard InChI is InChI=1S/C19H25N5O4S.C16H24N4O3.C3H3NO2S/c1-19(2,3)28-17(26)20-10-12-4-6-24(7-5-12)15-9-13(21-11-22-15)8-14-16(25)23-18(27)29-14;1-16(2,3)23-15(22)17-9-12-4-6-20(7-5-12)14-8-13(10-21)18-11-19-14;5-2-1-7-3(6)4-2/h8-9,11-12H,4-7,10H2,1-3H3,(H,20,26)(H,23,25,27);8,10-12H,4-7,9H2,1-3H3,(H,17,22);1H2,(H,4,5,6)/b14-8-;;. The molecule has 19 nitrogen and oxygen atoms in total. The summed E-state index contributed by atoms with van der Waals surface area (Å²) >= 11 is 1.87. The molecule has 0 aliphatic carbocycles. The SMILES string of the molecule is CC(C)(C)OC(=O)NCC1CCN(c2cc(/C=C3\SC(=O)NC3=O)ncn2)CC1.CC(C)(C)OC(=O)NCC1CCN(c2cc(C=O)ncn2)CC1.O=C1CSC(=O)N1. The smallest absolute Gasteiger partial charge is 0.407 e. The minimum Gasteiger partial charge on any atom is -0.444 e. The number of aromatic nitrogens is 4. The molecule has 4 fully saturated rings. The predicted octanol–water partition coefficient (Wildman–Crippen LogP) is 4.54. The summed E-state index contributed by atoms with van der Waals surface area (Å²) in [4.78, 5) is 98.6. The van der Waals surface area contributed by atoms with E-state index in [0.29, 0.717) is 47.0 Å². The van der Waals surface area contributed by atoms with Crippen LogP contribution in [0.5, 0.6) is 0 Å². The van der Waals surface area contributed by atoms with Crippen LogP contribution in [0.25, 0.3) is 6.08 Å². The number of amides is 6. The van der Waals surface area contributed by atoms with E-state index in [2.05, 4.69) is 51.0 Å². The largest absolute Gasteiger partial charge is 0.444 e. The molecule has 0 aromatic carbocycles. The molecule has 6 rings (SSSR count). The molecule has 4 aliphatic rings. The first-order valence-electron chi connectivity index (χ1n) is 19.1. The van der Waals surface area contributed by atoms with Crippen molar-refractivity contribution in [1.82, 2.24) is 41.2 Å². The highest BCUT2D eigenvalue weighted by Gasteiger charge is 2.27. The quantitative estimate of drug-likeness (QED) is 0.210. The molecule has 4 aliphatic heterocycles. The van der Waals surface area contributed by atoms with Gasteiger partial charge in [0.1, 0.15) is 41.2 Å². The topological polar surface area (TPSA) is 244 Å². The van der Waals surface area contributed by atoms with Crippen LogP contribution >= 0.6 is 23.5 Å². The van der Waals surface area contributed by atoms with Crippen LogP contribution in [-0.4, -0.2) is 117 Å². The highest BCUT2D eigenvalue weighted by Crippen LogP contribution is 2.27. The maximum atomic E-state index is 11.8. The average molecular weight is 857 g/mol. The van der Waals surface area contributed by atoms with Gasteiger partial charge in [-0.15, -0.1) is 0 Å². The molecular weight excluding hydrogens is 805 g/mol. The molecule has 0 radical (unpaired) electrons. The number of carbonyl (C=O) groups is 7. The molecule has 6 heterocycles. The normalized spacial score (nSPS) is 18.2. The van der Waals surface area contributed by atoms with Crippen LogP contribution in [0.15, 0.2) is 29.7 Å². The van der Waals surface area contributed by atoms with Crippen molar-refractivity contribution in [3.8, 4) is 0 Å². The summed E-state index contributed by atoms with van der Waals surface area (Å²) in [6, 6.07) is 3.51. The third-order valence-electron chi connectivity index (χ3n) is 8.71. The van der Waals surface area contributed by atoms with E-state index in [1.54, 1.807) is 12.1 Å². The van der Waals surface area contributed by atoms with Gasteiger partial charge in [0.15, 0.2) is 6.29 Å². The van der Waals surface area contributed by atoms with Crippen molar-refractivity contribution in [2.45, 2.75) is 78.4 Å². The van der Waals surface area contributed by atoms with Crippen LogP contribution < -0.4 is 31.1 Å². The van der Waals surface area contributed by atoms with Crippen molar-refractivity contribution < 1.29 is 43.0 Å². The van der Waals surface area contributed by atoms with Crippen LogP contribution in [0.1, 0.15) is 83.4 Å².